The minimum atomic E-state index is -0.605. The van der Waals surface area contributed by atoms with Gasteiger partial charge in [0.2, 0.25) is 0 Å². The van der Waals surface area contributed by atoms with Crippen LogP contribution in [0.25, 0.3) is 0 Å². The number of carbonyl (C=O) groups excluding carboxylic acids is 1. The van der Waals surface area contributed by atoms with E-state index in [-0.39, 0.29) is 17.9 Å². The fourth-order valence-electron chi connectivity index (χ4n) is 1.97. The number of ether oxygens (including phenoxy) is 1. The number of aliphatic hydroxyl groups is 1. The highest BCUT2D eigenvalue weighted by molar-refractivity contribution is 5.94. The van der Waals surface area contributed by atoms with Gasteiger partial charge in [0.1, 0.15) is 12.4 Å². The van der Waals surface area contributed by atoms with Gasteiger partial charge in [-0.15, -0.1) is 0 Å². The van der Waals surface area contributed by atoms with Crippen LogP contribution >= 0.6 is 0 Å². The fourth-order valence-corrected chi connectivity index (χ4v) is 1.97. The van der Waals surface area contributed by atoms with E-state index in [1.807, 2.05) is 32.9 Å². The van der Waals surface area contributed by atoms with Gasteiger partial charge in [-0.3, -0.25) is 9.78 Å². The predicted octanol–water partition coefficient (Wildman–Crippen LogP) is 2.80. The molecule has 0 radical (unpaired) electrons. The predicted molar refractivity (Wildman–Crippen MR) is 92.8 cm³/mol. The zero-order chi connectivity index (χ0) is 17.6. The normalized spacial score (nSPS) is 12.5. The van der Waals surface area contributed by atoms with Crippen LogP contribution in [0.3, 0.4) is 0 Å². The molecule has 0 aliphatic carbocycles. The first-order chi connectivity index (χ1) is 11.4. The summed E-state index contributed by atoms with van der Waals surface area (Å²) in [5.74, 6) is 0.382. The number of aromatic nitrogens is 1. The van der Waals surface area contributed by atoms with E-state index in [9.17, 15) is 9.90 Å². The Kier molecular flexibility index (Phi) is 5.93. The Bertz CT molecular complexity index is 666. The molecular formula is C19H24N2O3. The number of nitrogens with one attached hydrogen (secondary N) is 1. The van der Waals surface area contributed by atoms with Crippen molar-refractivity contribution in [3.63, 3.8) is 0 Å². The molecule has 0 fully saturated rings. The van der Waals surface area contributed by atoms with Gasteiger partial charge in [0.25, 0.3) is 5.91 Å². The minimum absolute atomic E-state index is 0.211. The lowest BCUT2D eigenvalue weighted by Gasteiger charge is -2.25. The van der Waals surface area contributed by atoms with Gasteiger partial charge in [0, 0.05) is 30.1 Å². The molecule has 1 atom stereocenters. The first kappa shape index (κ1) is 17.9. The van der Waals surface area contributed by atoms with Crippen molar-refractivity contribution in [2.45, 2.75) is 33.5 Å². The maximum absolute atomic E-state index is 12.2. The largest absolute Gasteiger partial charge is 0.489 e. The number of hydrogen-bond donors (Lipinski definition) is 2. The third kappa shape index (κ3) is 5.35. The van der Waals surface area contributed by atoms with E-state index in [1.165, 1.54) is 0 Å². The quantitative estimate of drug-likeness (QED) is 0.855. The number of nitrogens with zero attached hydrogens (tertiary/aromatic N) is 1. The third-order valence-corrected chi connectivity index (χ3v) is 3.68. The average Bonchev–Trinajstić information content (AvgIpc) is 2.58. The van der Waals surface area contributed by atoms with Crippen molar-refractivity contribution in [2.75, 3.05) is 6.54 Å². The number of pyridine rings is 1. The third-order valence-electron chi connectivity index (χ3n) is 3.68. The van der Waals surface area contributed by atoms with Gasteiger partial charge < -0.3 is 15.2 Å². The standard InChI is InChI=1S/C19H24N2O3/c1-19(2,3)17(22)12-21-18(23)15-7-4-8-16(10-15)24-13-14-6-5-9-20-11-14/h4-11,17,22H,12-13H2,1-3H3,(H,21,23). The number of amides is 1. The van der Waals surface area contributed by atoms with Crippen LogP contribution in [0.5, 0.6) is 5.75 Å². The number of carbonyl (C=O) groups is 1. The molecule has 0 spiro atoms. The molecule has 128 valence electrons. The molecule has 1 aromatic carbocycles. The second-order valence-electron chi connectivity index (χ2n) is 6.77. The van der Waals surface area contributed by atoms with Crippen molar-refractivity contribution in [3.8, 4) is 5.75 Å². The van der Waals surface area contributed by atoms with Crippen LogP contribution in [-0.4, -0.2) is 28.6 Å². The maximum atomic E-state index is 12.2. The highest BCUT2D eigenvalue weighted by Gasteiger charge is 2.22. The number of hydrogen-bond acceptors (Lipinski definition) is 4. The summed E-state index contributed by atoms with van der Waals surface area (Å²) in [6.07, 6.45) is 2.84. The smallest absolute Gasteiger partial charge is 0.251 e. The summed E-state index contributed by atoms with van der Waals surface area (Å²) in [5.41, 5.74) is 1.18. The highest BCUT2D eigenvalue weighted by atomic mass is 16.5. The molecule has 2 N–H and O–H groups in total. The van der Waals surface area contributed by atoms with E-state index < -0.39 is 6.10 Å². The Labute approximate surface area is 142 Å². The van der Waals surface area contributed by atoms with Crippen molar-refractivity contribution in [2.24, 2.45) is 5.41 Å². The van der Waals surface area contributed by atoms with Crippen LogP contribution < -0.4 is 10.1 Å². The molecule has 0 aliphatic rings. The molecule has 5 heteroatoms. The Balaban J connectivity index is 1.93. The topological polar surface area (TPSA) is 71.5 Å². The van der Waals surface area contributed by atoms with Gasteiger partial charge in [-0.05, 0) is 29.7 Å². The van der Waals surface area contributed by atoms with Gasteiger partial charge in [0.15, 0.2) is 0 Å². The Morgan fingerprint density at radius 3 is 2.75 bits per heavy atom. The average molecular weight is 328 g/mol. The van der Waals surface area contributed by atoms with E-state index >= 15 is 0 Å². The van der Waals surface area contributed by atoms with Crippen LogP contribution in [0.2, 0.25) is 0 Å². The molecule has 1 unspecified atom stereocenters. The lowest BCUT2D eigenvalue weighted by Crippen LogP contribution is -2.39. The summed E-state index contributed by atoms with van der Waals surface area (Å²) in [5, 5.41) is 12.8. The first-order valence-electron chi connectivity index (χ1n) is 7.94. The molecule has 1 amide bonds. The highest BCUT2D eigenvalue weighted by Crippen LogP contribution is 2.19. The molecule has 1 heterocycles. The van der Waals surface area contributed by atoms with Crippen molar-refractivity contribution in [3.05, 3.63) is 59.9 Å². The van der Waals surface area contributed by atoms with Crippen LogP contribution in [0.15, 0.2) is 48.8 Å². The van der Waals surface area contributed by atoms with Gasteiger partial charge >= 0.3 is 0 Å². The van der Waals surface area contributed by atoms with Gasteiger partial charge in [-0.2, -0.15) is 0 Å². The molecule has 1 aromatic heterocycles. The molecular weight excluding hydrogens is 304 g/mol. The summed E-state index contributed by atoms with van der Waals surface area (Å²) in [4.78, 5) is 16.3. The van der Waals surface area contributed by atoms with Crippen molar-refractivity contribution in [1.29, 1.82) is 0 Å². The minimum Gasteiger partial charge on any atom is -0.489 e. The summed E-state index contributed by atoms with van der Waals surface area (Å²) >= 11 is 0. The number of rotatable bonds is 6. The van der Waals surface area contributed by atoms with Gasteiger partial charge in [-0.1, -0.05) is 32.9 Å². The summed E-state index contributed by atoms with van der Waals surface area (Å²) < 4.78 is 5.69. The first-order valence-corrected chi connectivity index (χ1v) is 7.94. The Morgan fingerprint density at radius 2 is 2.08 bits per heavy atom. The molecule has 0 saturated carbocycles. The van der Waals surface area contributed by atoms with Crippen molar-refractivity contribution >= 4 is 5.91 Å². The molecule has 0 aliphatic heterocycles. The molecule has 5 nitrogen and oxygen atoms in total. The lowest BCUT2D eigenvalue weighted by molar-refractivity contribution is 0.0587. The zero-order valence-corrected chi connectivity index (χ0v) is 14.3. The van der Waals surface area contributed by atoms with Crippen LogP contribution in [0.1, 0.15) is 36.7 Å². The molecule has 0 saturated heterocycles. The summed E-state index contributed by atoms with van der Waals surface area (Å²) in [6, 6.07) is 10.8. The summed E-state index contributed by atoms with van der Waals surface area (Å²) in [6.45, 7) is 6.38. The van der Waals surface area contributed by atoms with Crippen LogP contribution in [-0.2, 0) is 6.61 Å². The summed E-state index contributed by atoms with van der Waals surface area (Å²) in [7, 11) is 0. The van der Waals surface area contributed by atoms with Gasteiger partial charge in [-0.25, -0.2) is 0 Å². The molecule has 2 aromatic rings. The monoisotopic (exact) mass is 328 g/mol. The van der Waals surface area contributed by atoms with Gasteiger partial charge in [0.05, 0.1) is 6.10 Å². The fraction of sp³-hybridized carbons (Fsp3) is 0.368. The lowest BCUT2D eigenvalue weighted by atomic mass is 9.89. The zero-order valence-electron chi connectivity index (χ0n) is 14.3. The van der Waals surface area contributed by atoms with Crippen LogP contribution in [0, 0.1) is 5.41 Å². The van der Waals surface area contributed by atoms with Crippen molar-refractivity contribution in [1.82, 2.24) is 10.3 Å². The van der Waals surface area contributed by atoms with E-state index in [0.717, 1.165) is 5.56 Å². The second-order valence-corrected chi connectivity index (χ2v) is 6.77. The molecule has 2 rings (SSSR count). The second kappa shape index (κ2) is 7.93. The SMILES string of the molecule is CC(C)(C)C(O)CNC(=O)c1cccc(OCc2cccnc2)c1. The maximum Gasteiger partial charge on any atom is 0.251 e. The van der Waals surface area contributed by atoms with E-state index in [2.05, 4.69) is 10.3 Å². The van der Waals surface area contributed by atoms with E-state index in [1.54, 1.807) is 36.7 Å². The van der Waals surface area contributed by atoms with E-state index in [4.69, 9.17) is 4.74 Å². The molecule has 24 heavy (non-hydrogen) atoms. The number of aliphatic hydroxyl groups excluding tert-OH is 1. The van der Waals surface area contributed by atoms with Crippen molar-refractivity contribution < 1.29 is 14.6 Å². The van der Waals surface area contributed by atoms with E-state index in [0.29, 0.717) is 17.9 Å². The molecule has 0 bridgehead atoms. The van der Waals surface area contributed by atoms with Crippen LogP contribution in [0.4, 0.5) is 0 Å². The Hall–Kier alpha value is -2.40. The Morgan fingerprint density at radius 1 is 1.29 bits per heavy atom. The number of benzene rings is 1.